The molecule has 0 amide bonds. The Kier molecular flexibility index (Phi) is 7.19. The third kappa shape index (κ3) is 5.14. The first-order chi connectivity index (χ1) is 16.1. The topological polar surface area (TPSA) is 72.5 Å². The fraction of sp³-hybridized carbons (Fsp3) is 0.185. The molecule has 0 saturated heterocycles. The molecule has 0 spiro atoms. The number of allylic oxidation sites excluding steroid dienone is 1. The van der Waals surface area contributed by atoms with Crippen LogP contribution in [0.2, 0.25) is 0 Å². The molecule has 0 saturated carbocycles. The van der Waals surface area contributed by atoms with Crippen LogP contribution in [0, 0.1) is 18.3 Å². The zero-order valence-electron chi connectivity index (χ0n) is 18.5. The number of rotatable bonds is 7. The zero-order chi connectivity index (χ0) is 23.2. The Hall–Kier alpha value is -3.45. The van der Waals surface area contributed by atoms with Gasteiger partial charge in [0.1, 0.15) is 18.5 Å². The van der Waals surface area contributed by atoms with Crippen molar-refractivity contribution in [3.8, 4) is 17.2 Å². The first kappa shape index (κ1) is 22.7. The molecule has 3 aromatic rings. The molecule has 0 bridgehead atoms. The maximum absolute atomic E-state index is 11.7. The summed E-state index contributed by atoms with van der Waals surface area (Å²) in [6.45, 7) is 2.23. The van der Waals surface area contributed by atoms with Gasteiger partial charge < -0.3 is 13.9 Å². The normalized spacial score (nSPS) is 14.5. The lowest BCUT2D eigenvalue weighted by atomic mass is 9.92. The number of hydrogen-bond donors (Lipinski definition) is 0. The Balaban J connectivity index is 1.69. The molecule has 2 unspecified atom stereocenters. The van der Waals surface area contributed by atoms with Crippen LogP contribution < -0.4 is 0 Å². The van der Waals surface area contributed by atoms with Crippen molar-refractivity contribution < 1.29 is 18.7 Å². The molecular weight excluding hydrogens is 433 g/mol. The number of esters is 1. The van der Waals surface area contributed by atoms with Gasteiger partial charge in [0, 0.05) is 5.56 Å². The average molecular weight is 457 g/mol. The van der Waals surface area contributed by atoms with Gasteiger partial charge in [-0.1, -0.05) is 56.9 Å². The van der Waals surface area contributed by atoms with Crippen molar-refractivity contribution in [2.24, 2.45) is 0 Å². The quantitative estimate of drug-likeness (QED) is 0.307. The molecule has 4 rings (SSSR count). The van der Waals surface area contributed by atoms with Gasteiger partial charge in [-0.05, 0) is 59.6 Å². The Morgan fingerprint density at radius 2 is 2.03 bits per heavy atom. The van der Waals surface area contributed by atoms with E-state index in [9.17, 15) is 10.1 Å². The highest BCUT2D eigenvalue weighted by Gasteiger charge is 2.21. The van der Waals surface area contributed by atoms with E-state index in [1.807, 2.05) is 49.4 Å². The number of furan rings is 1. The van der Waals surface area contributed by atoms with Gasteiger partial charge in [0.05, 0.1) is 18.7 Å². The van der Waals surface area contributed by atoms with E-state index in [1.165, 1.54) is 7.11 Å². The Labute approximate surface area is 195 Å². The second kappa shape index (κ2) is 10.4. The number of nitriles is 1. The van der Waals surface area contributed by atoms with E-state index in [4.69, 9.17) is 13.9 Å². The summed E-state index contributed by atoms with van der Waals surface area (Å²) in [5.41, 5.74) is 5.66. The number of ether oxygens (including phenoxy) is 2. The fourth-order valence-electron chi connectivity index (χ4n) is 3.79. The molecule has 0 aliphatic carbocycles. The van der Waals surface area contributed by atoms with Crippen molar-refractivity contribution in [3.63, 3.8) is 0 Å². The van der Waals surface area contributed by atoms with E-state index in [0.717, 1.165) is 34.0 Å². The summed E-state index contributed by atoms with van der Waals surface area (Å²) in [6.07, 6.45) is 4.93. The molecule has 1 aromatic heterocycles. The summed E-state index contributed by atoms with van der Waals surface area (Å²) >= 11 is 0. The molecule has 2 heterocycles. The van der Waals surface area contributed by atoms with E-state index >= 15 is 0 Å². The van der Waals surface area contributed by atoms with Crippen molar-refractivity contribution >= 4 is 14.6 Å². The van der Waals surface area contributed by atoms with Gasteiger partial charge in [0.15, 0.2) is 0 Å². The van der Waals surface area contributed by atoms with Gasteiger partial charge in [-0.25, -0.2) is 4.79 Å². The van der Waals surface area contributed by atoms with Gasteiger partial charge in [0.2, 0.25) is 5.76 Å². The molecule has 6 heteroatoms. The molecular formula is C27H24NO4P. The maximum Gasteiger partial charge on any atom is 0.373 e. The second-order valence-corrected chi connectivity index (χ2v) is 8.74. The number of aryl methyl sites for hydroxylation is 1. The van der Waals surface area contributed by atoms with Crippen molar-refractivity contribution in [1.82, 2.24) is 0 Å². The SMILES string of the molecule is COC(=O)c1ccc(COC(C2=CPCC=C2)c2ccc(C#N)c(-c3ccccc3C)c2)o1. The summed E-state index contributed by atoms with van der Waals surface area (Å²) in [4.78, 5) is 11.7. The first-order valence-electron chi connectivity index (χ1n) is 10.6. The van der Waals surface area contributed by atoms with Crippen molar-refractivity contribution in [1.29, 1.82) is 5.26 Å². The minimum atomic E-state index is -0.521. The summed E-state index contributed by atoms with van der Waals surface area (Å²) in [5, 5.41) is 9.72. The van der Waals surface area contributed by atoms with Crippen LogP contribution >= 0.6 is 8.58 Å². The number of carbonyl (C=O) groups is 1. The molecule has 33 heavy (non-hydrogen) atoms. The predicted octanol–water partition coefficient (Wildman–Crippen LogP) is 6.30. The summed E-state index contributed by atoms with van der Waals surface area (Å²) in [5.74, 6) is 2.37. The summed E-state index contributed by atoms with van der Waals surface area (Å²) < 4.78 is 16.6. The Morgan fingerprint density at radius 1 is 1.18 bits per heavy atom. The van der Waals surface area contributed by atoms with Gasteiger partial charge in [0.25, 0.3) is 0 Å². The first-order valence-corrected chi connectivity index (χ1v) is 11.9. The molecule has 5 nitrogen and oxygen atoms in total. The second-order valence-electron chi connectivity index (χ2n) is 7.64. The molecule has 0 N–H and O–H groups in total. The molecule has 0 fully saturated rings. The van der Waals surface area contributed by atoms with E-state index < -0.39 is 5.97 Å². The Bertz CT molecular complexity index is 1270. The minimum absolute atomic E-state index is 0.145. The largest absolute Gasteiger partial charge is 0.463 e. The molecule has 2 atom stereocenters. The predicted molar refractivity (Wildman–Crippen MR) is 129 cm³/mol. The number of hydrogen-bond acceptors (Lipinski definition) is 5. The highest BCUT2D eigenvalue weighted by atomic mass is 31.1. The molecule has 0 radical (unpaired) electrons. The number of nitrogens with zero attached hydrogens (tertiary/aromatic N) is 1. The van der Waals surface area contributed by atoms with Gasteiger partial charge in [-0.3, -0.25) is 0 Å². The number of methoxy groups -OCH3 is 1. The van der Waals surface area contributed by atoms with Crippen LogP contribution in [-0.2, 0) is 16.1 Å². The van der Waals surface area contributed by atoms with Crippen LogP contribution in [0.15, 0.2) is 82.6 Å². The Morgan fingerprint density at radius 3 is 2.76 bits per heavy atom. The molecule has 1 aliphatic heterocycles. The fourth-order valence-corrected chi connectivity index (χ4v) is 4.64. The van der Waals surface area contributed by atoms with Crippen molar-refractivity contribution in [2.75, 3.05) is 13.3 Å². The third-order valence-corrected chi connectivity index (χ3v) is 6.47. The highest BCUT2D eigenvalue weighted by molar-refractivity contribution is 7.42. The van der Waals surface area contributed by atoms with Crippen LogP contribution in [0.5, 0.6) is 0 Å². The number of benzene rings is 2. The van der Waals surface area contributed by atoms with E-state index in [-0.39, 0.29) is 18.5 Å². The van der Waals surface area contributed by atoms with Crippen LogP contribution in [0.4, 0.5) is 0 Å². The lowest BCUT2D eigenvalue weighted by molar-refractivity contribution is 0.0484. The van der Waals surface area contributed by atoms with Gasteiger partial charge in [-0.2, -0.15) is 5.26 Å². The third-order valence-electron chi connectivity index (χ3n) is 5.46. The summed E-state index contributed by atoms with van der Waals surface area (Å²) in [6, 6.07) is 19.5. The van der Waals surface area contributed by atoms with Crippen LogP contribution in [-0.4, -0.2) is 19.2 Å². The number of carbonyl (C=O) groups excluding carboxylic acids is 1. The zero-order valence-corrected chi connectivity index (χ0v) is 19.5. The van der Waals surface area contributed by atoms with Crippen molar-refractivity contribution in [2.45, 2.75) is 19.6 Å². The molecule has 166 valence electrons. The standard InChI is InChI=1S/C27H24NO4P/c1-18-6-3-4-8-23(18)24-14-19(9-10-20(24)15-28)26(21-7-5-13-33-17-21)31-16-22-11-12-25(32-22)27(29)30-2/h3-12,14,17,26,33H,13,16H2,1-2H3. The average Bonchev–Trinajstić information content (AvgIpc) is 3.33. The highest BCUT2D eigenvalue weighted by Crippen LogP contribution is 2.37. The van der Waals surface area contributed by atoms with Crippen LogP contribution in [0.1, 0.15) is 39.1 Å². The summed E-state index contributed by atoms with van der Waals surface area (Å²) in [7, 11) is 2.01. The van der Waals surface area contributed by atoms with Gasteiger partial charge in [-0.15, -0.1) is 0 Å². The lowest BCUT2D eigenvalue weighted by Gasteiger charge is -2.22. The van der Waals surface area contributed by atoms with E-state index in [1.54, 1.807) is 12.1 Å². The van der Waals surface area contributed by atoms with Crippen LogP contribution in [0.3, 0.4) is 0 Å². The smallest absolute Gasteiger partial charge is 0.373 e. The monoisotopic (exact) mass is 457 g/mol. The lowest BCUT2D eigenvalue weighted by Crippen LogP contribution is -2.08. The maximum atomic E-state index is 11.7. The van der Waals surface area contributed by atoms with E-state index in [2.05, 4.69) is 24.0 Å². The molecule has 1 aliphatic rings. The van der Waals surface area contributed by atoms with E-state index in [0.29, 0.717) is 19.9 Å². The molecule has 2 aromatic carbocycles. The van der Waals surface area contributed by atoms with Gasteiger partial charge >= 0.3 is 5.97 Å². The van der Waals surface area contributed by atoms with Crippen LogP contribution in [0.25, 0.3) is 11.1 Å². The minimum Gasteiger partial charge on any atom is -0.463 e. The van der Waals surface area contributed by atoms with Crippen molar-refractivity contribution in [3.05, 3.63) is 106 Å².